The highest BCUT2D eigenvalue weighted by molar-refractivity contribution is 5.94. The first-order chi connectivity index (χ1) is 15.6. The minimum atomic E-state index is -0.227. The maximum Gasteiger partial charge on any atom is 0.251 e. The van der Waals surface area contributed by atoms with Crippen molar-refractivity contribution in [2.45, 2.75) is 51.5 Å². The van der Waals surface area contributed by atoms with Crippen LogP contribution in [0.4, 0.5) is 5.69 Å². The third-order valence-electron chi connectivity index (χ3n) is 5.72. The van der Waals surface area contributed by atoms with E-state index < -0.39 is 0 Å². The van der Waals surface area contributed by atoms with Gasteiger partial charge in [0.2, 0.25) is 5.91 Å². The Kier molecular flexibility index (Phi) is 8.72. The second-order valence-electron chi connectivity index (χ2n) is 8.20. The van der Waals surface area contributed by atoms with E-state index in [0.29, 0.717) is 12.0 Å². The van der Waals surface area contributed by atoms with E-state index in [1.807, 2.05) is 37.4 Å². The number of nitrogens with two attached hydrogens (primary N) is 1. The molecule has 0 spiro atoms. The Morgan fingerprint density at radius 1 is 1.09 bits per heavy atom. The molecule has 3 rings (SSSR count). The van der Waals surface area contributed by atoms with E-state index >= 15 is 0 Å². The fourth-order valence-electron chi connectivity index (χ4n) is 4.02. The van der Waals surface area contributed by atoms with Crippen molar-refractivity contribution in [3.63, 3.8) is 0 Å². The standard InChI is InChI=1S/C26H34N4O2/c1-2-29-22-11-8-20(9-12-22)26(32)30-24-14-10-21-18-19(7-13-23(21)24)15-17-28-16-5-3-4-6-25(27)31/h7-9,11-13,15,17-18,24,28-29H,2-6,10,14,16H2,1H3,(H2,27,31)(H,30,32)/b17-15+. The number of benzene rings is 2. The molecule has 1 unspecified atom stereocenters. The molecule has 0 fully saturated rings. The summed E-state index contributed by atoms with van der Waals surface area (Å²) in [6.07, 6.45) is 9.26. The molecule has 0 aliphatic heterocycles. The second-order valence-corrected chi connectivity index (χ2v) is 8.20. The second kappa shape index (κ2) is 11.9. The van der Waals surface area contributed by atoms with Crippen LogP contribution in [-0.4, -0.2) is 24.9 Å². The van der Waals surface area contributed by atoms with Crippen LogP contribution in [0.2, 0.25) is 0 Å². The van der Waals surface area contributed by atoms with Gasteiger partial charge in [-0.3, -0.25) is 9.59 Å². The average molecular weight is 435 g/mol. The van der Waals surface area contributed by atoms with Crippen molar-refractivity contribution in [1.29, 1.82) is 0 Å². The molecule has 0 saturated heterocycles. The quantitative estimate of drug-likeness (QED) is 0.378. The zero-order valence-corrected chi connectivity index (χ0v) is 18.8. The van der Waals surface area contributed by atoms with Gasteiger partial charge in [0.25, 0.3) is 5.91 Å². The first-order valence-electron chi connectivity index (χ1n) is 11.5. The van der Waals surface area contributed by atoms with Crippen LogP contribution >= 0.6 is 0 Å². The zero-order chi connectivity index (χ0) is 22.8. The lowest BCUT2D eigenvalue weighted by Gasteiger charge is -2.15. The van der Waals surface area contributed by atoms with Crippen molar-refractivity contribution in [3.8, 4) is 0 Å². The Labute approximate surface area is 190 Å². The molecule has 32 heavy (non-hydrogen) atoms. The number of primary amides is 1. The summed E-state index contributed by atoms with van der Waals surface area (Å²) in [7, 11) is 0. The van der Waals surface area contributed by atoms with Crippen LogP contribution in [0.15, 0.2) is 48.7 Å². The summed E-state index contributed by atoms with van der Waals surface area (Å²) < 4.78 is 0. The van der Waals surface area contributed by atoms with Gasteiger partial charge in [-0.05, 0) is 85.8 Å². The van der Waals surface area contributed by atoms with Crippen molar-refractivity contribution < 1.29 is 9.59 Å². The predicted molar refractivity (Wildman–Crippen MR) is 130 cm³/mol. The molecule has 5 N–H and O–H groups in total. The monoisotopic (exact) mass is 434 g/mol. The van der Waals surface area contributed by atoms with Gasteiger partial charge in [-0.15, -0.1) is 0 Å². The highest BCUT2D eigenvalue weighted by atomic mass is 16.2. The number of rotatable bonds is 12. The number of carbonyl (C=O) groups is 2. The van der Waals surface area contributed by atoms with E-state index in [-0.39, 0.29) is 17.9 Å². The fraction of sp³-hybridized carbons (Fsp3) is 0.385. The van der Waals surface area contributed by atoms with Crippen molar-refractivity contribution in [2.24, 2.45) is 5.73 Å². The number of carbonyl (C=O) groups excluding carboxylic acids is 2. The summed E-state index contributed by atoms with van der Waals surface area (Å²) in [6, 6.07) is 14.1. The fourth-order valence-corrected chi connectivity index (χ4v) is 4.02. The maximum atomic E-state index is 12.7. The van der Waals surface area contributed by atoms with E-state index in [4.69, 9.17) is 5.73 Å². The summed E-state index contributed by atoms with van der Waals surface area (Å²) in [6.45, 7) is 3.78. The van der Waals surface area contributed by atoms with Gasteiger partial charge in [-0.2, -0.15) is 0 Å². The highest BCUT2D eigenvalue weighted by Gasteiger charge is 2.24. The molecular formula is C26H34N4O2. The Morgan fingerprint density at radius 2 is 1.91 bits per heavy atom. The molecule has 0 radical (unpaired) electrons. The molecule has 0 aromatic heterocycles. The Balaban J connectivity index is 1.47. The average Bonchev–Trinajstić information content (AvgIpc) is 3.18. The summed E-state index contributed by atoms with van der Waals surface area (Å²) in [4.78, 5) is 23.4. The van der Waals surface area contributed by atoms with Gasteiger partial charge >= 0.3 is 0 Å². The largest absolute Gasteiger partial charge is 0.391 e. The summed E-state index contributed by atoms with van der Waals surface area (Å²) in [5.41, 5.74) is 10.5. The molecule has 0 heterocycles. The minimum Gasteiger partial charge on any atom is -0.391 e. The number of fused-ring (bicyclic) bond motifs is 1. The molecule has 6 heteroatoms. The van der Waals surface area contributed by atoms with Gasteiger partial charge in [-0.1, -0.05) is 24.6 Å². The number of unbranched alkanes of at least 4 members (excludes halogenated alkanes) is 2. The molecule has 1 atom stereocenters. The Morgan fingerprint density at radius 3 is 2.66 bits per heavy atom. The van der Waals surface area contributed by atoms with Gasteiger partial charge < -0.3 is 21.7 Å². The van der Waals surface area contributed by atoms with Crippen molar-refractivity contribution >= 4 is 23.6 Å². The summed E-state index contributed by atoms with van der Waals surface area (Å²) in [5.74, 6) is -0.259. The van der Waals surface area contributed by atoms with Gasteiger partial charge in [0.05, 0.1) is 6.04 Å². The molecule has 0 saturated carbocycles. The maximum absolute atomic E-state index is 12.7. The Bertz CT molecular complexity index is 937. The molecule has 0 bridgehead atoms. The molecule has 6 nitrogen and oxygen atoms in total. The van der Waals surface area contributed by atoms with E-state index in [9.17, 15) is 9.59 Å². The van der Waals surface area contributed by atoms with Crippen LogP contribution in [0.25, 0.3) is 6.08 Å². The lowest BCUT2D eigenvalue weighted by Crippen LogP contribution is -2.27. The summed E-state index contributed by atoms with van der Waals surface area (Å²) in [5, 5.41) is 9.72. The van der Waals surface area contributed by atoms with Crippen LogP contribution in [0.3, 0.4) is 0 Å². The van der Waals surface area contributed by atoms with E-state index in [2.05, 4.69) is 40.2 Å². The summed E-state index contributed by atoms with van der Waals surface area (Å²) >= 11 is 0. The van der Waals surface area contributed by atoms with Crippen LogP contribution in [-0.2, 0) is 11.2 Å². The molecule has 2 aromatic rings. The molecule has 1 aliphatic carbocycles. The zero-order valence-electron chi connectivity index (χ0n) is 18.8. The predicted octanol–water partition coefficient (Wildman–Crippen LogP) is 4.14. The number of anilines is 1. The minimum absolute atomic E-state index is 0.0325. The van der Waals surface area contributed by atoms with Crippen molar-refractivity contribution in [3.05, 3.63) is 70.9 Å². The first kappa shape index (κ1) is 23.4. The molecular weight excluding hydrogens is 400 g/mol. The number of aryl methyl sites for hydroxylation is 1. The number of amides is 2. The van der Waals surface area contributed by atoms with E-state index in [1.165, 1.54) is 11.1 Å². The topological polar surface area (TPSA) is 96.2 Å². The number of hydrogen-bond donors (Lipinski definition) is 4. The van der Waals surface area contributed by atoms with Crippen LogP contribution < -0.4 is 21.7 Å². The molecule has 2 aromatic carbocycles. The normalized spacial score (nSPS) is 14.8. The van der Waals surface area contributed by atoms with Gasteiger partial charge in [0.1, 0.15) is 0 Å². The van der Waals surface area contributed by atoms with Crippen molar-refractivity contribution in [2.75, 3.05) is 18.4 Å². The molecule has 2 amide bonds. The number of hydrogen-bond acceptors (Lipinski definition) is 4. The van der Waals surface area contributed by atoms with Gasteiger partial charge in [0.15, 0.2) is 0 Å². The van der Waals surface area contributed by atoms with E-state index in [1.54, 1.807) is 0 Å². The smallest absolute Gasteiger partial charge is 0.251 e. The lowest BCUT2D eigenvalue weighted by atomic mass is 10.0. The molecule has 170 valence electrons. The first-order valence-corrected chi connectivity index (χ1v) is 11.5. The van der Waals surface area contributed by atoms with Crippen LogP contribution in [0.5, 0.6) is 0 Å². The van der Waals surface area contributed by atoms with Gasteiger partial charge in [0, 0.05) is 30.8 Å². The van der Waals surface area contributed by atoms with Crippen LogP contribution in [0.1, 0.15) is 72.1 Å². The number of nitrogens with one attached hydrogen (secondary N) is 3. The van der Waals surface area contributed by atoms with Crippen LogP contribution in [0, 0.1) is 0 Å². The van der Waals surface area contributed by atoms with Crippen molar-refractivity contribution in [1.82, 2.24) is 10.6 Å². The van der Waals surface area contributed by atoms with Gasteiger partial charge in [-0.25, -0.2) is 0 Å². The highest BCUT2D eigenvalue weighted by Crippen LogP contribution is 2.32. The third kappa shape index (κ3) is 6.87. The molecule has 1 aliphatic rings. The third-order valence-corrected chi connectivity index (χ3v) is 5.72. The SMILES string of the molecule is CCNc1ccc(C(=O)NC2CCc3cc(/C=C/NCCCCCC(N)=O)ccc32)cc1. The van der Waals surface area contributed by atoms with E-state index in [0.717, 1.165) is 56.4 Å². The Hall–Kier alpha value is -3.28. The lowest BCUT2D eigenvalue weighted by molar-refractivity contribution is -0.118.